The lowest BCUT2D eigenvalue weighted by atomic mass is 10.1. The van der Waals surface area contributed by atoms with Crippen molar-refractivity contribution in [2.24, 2.45) is 0 Å². The smallest absolute Gasteiger partial charge is 0.0621 e. The number of pyridine rings is 1. The number of hydrogen-bond acceptors (Lipinski definition) is 2. The van der Waals surface area contributed by atoms with Crippen molar-refractivity contribution >= 4 is 11.6 Å². The lowest BCUT2D eigenvalue weighted by molar-refractivity contribution is 0.429. The van der Waals surface area contributed by atoms with Crippen molar-refractivity contribution < 1.29 is 0 Å². The molecular formula is C11H17ClN2. The van der Waals surface area contributed by atoms with E-state index in [9.17, 15) is 0 Å². The van der Waals surface area contributed by atoms with Crippen LogP contribution in [0.2, 0.25) is 5.02 Å². The average molecular weight is 213 g/mol. The van der Waals surface area contributed by atoms with Crippen LogP contribution in [0.1, 0.15) is 26.3 Å². The van der Waals surface area contributed by atoms with E-state index in [4.69, 9.17) is 11.6 Å². The maximum atomic E-state index is 5.98. The van der Waals surface area contributed by atoms with Crippen LogP contribution in [0.5, 0.6) is 0 Å². The minimum Gasteiger partial charge on any atom is -0.312 e. The van der Waals surface area contributed by atoms with Gasteiger partial charge in [0.1, 0.15) is 0 Å². The summed E-state index contributed by atoms with van der Waals surface area (Å²) in [5, 5.41) is 4.17. The number of halogens is 1. The normalized spacial score (nSPS) is 11.7. The highest BCUT2D eigenvalue weighted by atomic mass is 35.5. The van der Waals surface area contributed by atoms with Gasteiger partial charge in [0.15, 0.2) is 0 Å². The second-order valence-electron chi connectivity index (χ2n) is 4.39. The summed E-state index contributed by atoms with van der Waals surface area (Å²) in [5.41, 5.74) is 1.32. The Hall–Kier alpha value is -0.600. The third-order valence-electron chi connectivity index (χ3n) is 1.91. The van der Waals surface area contributed by atoms with Gasteiger partial charge in [-0.25, -0.2) is 0 Å². The largest absolute Gasteiger partial charge is 0.312 e. The highest BCUT2D eigenvalue weighted by Crippen LogP contribution is 2.13. The minimum absolute atomic E-state index is 0.166. The SMILES string of the molecule is CC(C)(C)NCCc1ccncc1Cl. The molecule has 0 unspecified atom stereocenters. The molecule has 2 nitrogen and oxygen atoms in total. The Morgan fingerprint density at radius 3 is 2.71 bits per heavy atom. The van der Waals surface area contributed by atoms with Gasteiger partial charge in [-0.3, -0.25) is 4.98 Å². The summed E-state index contributed by atoms with van der Waals surface area (Å²) in [5.74, 6) is 0. The topological polar surface area (TPSA) is 24.9 Å². The Balaban J connectivity index is 2.43. The molecule has 78 valence electrons. The van der Waals surface area contributed by atoms with Gasteiger partial charge in [0, 0.05) is 17.9 Å². The maximum absolute atomic E-state index is 5.98. The van der Waals surface area contributed by atoms with E-state index in [0.29, 0.717) is 0 Å². The van der Waals surface area contributed by atoms with Gasteiger partial charge in [-0.1, -0.05) is 11.6 Å². The second kappa shape index (κ2) is 4.76. The molecule has 0 amide bonds. The van der Waals surface area contributed by atoms with E-state index in [2.05, 4.69) is 31.1 Å². The van der Waals surface area contributed by atoms with E-state index in [1.54, 1.807) is 12.4 Å². The van der Waals surface area contributed by atoms with E-state index < -0.39 is 0 Å². The van der Waals surface area contributed by atoms with E-state index in [0.717, 1.165) is 23.6 Å². The van der Waals surface area contributed by atoms with Crippen LogP contribution in [0.25, 0.3) is 0 Å². The predicted molar refractivity (Wildman–Crippen MR) is 60.7 cm³/mol. The average Bonchev–Trinajstić information content (AvgIpc) is 2.06. The molecule has 1 aromatic heterocycles. The van der Waals surface area contributed by atoms with Gasteiger partial charge >= 0.3 is 0 Å². The molecule has 0 fully saturated rings. The van der Waals surface area contributed by atoms with Crippen LogP contribution >= 0.6 is 11.6 Å². The summed E-state index contributed by atoms with van der Waals surface area (Å²) in [6, 6.07) is 1.96. The molecule has 0 aliphatic heterocycles. The van der Waals surface area contributed by atoms with E-state index in [-0.39, 0.29) is 5.54 Å². The Kier molecular flexibility index (Phi) is 3.90. The molecule has 1 N–H and O–H groups in total. The first-order valence-electron chi connectivity index (χ1n) is 4.82. The van der Waals surface area contributed by atoms with Crippen LogP contribution < -0.4 is 5.32 Å². The number of rotatable bonds is 3. The van der Waals surface area contributed by atoms with Crippen molar-refractivity contribution in [2.45, 2.75) is 32.7 Å². The van der Waals surface area contributed by atoms with Crippen molar-refractivity contribution in [3.8, 4) is 0 Å². The first-order valence-corrected chi connectivity index (χ1v) is 5.20. The summed E-state index contributed by atoms with van der Waals surface area (Å²) >= 11 is 5.98. The van der Waals surface area contributed by atoms with E-state index in [1.165, 1.54) is 0 Å². The van der Waals surface area contributed by atoms with Crippen molar-refractivity contribution in [3.05, 3.63) is 29.0 Å². The van der Waals surface area contributed by atoms with E-state index in [1.807, 2.05) is 6.07 Å². The summed E-state index contributed by atoms with van der Waals surface area (Å²) in [6.45, 7) is 7.40. The molecular weight excluding hydrogens is 196 g/mol. The van der Waals surface area contributed by atoms with Crippen LogP contribution in [-0.2, 0) is 6.42 Å². The minimum atomic E-state index is 0.166. The van der Waals surface area contributed by atoms with Crippen LogP contribution in [0.15, 0.2) is 18.5 Å². The van der Waals surface area contributed by atoms with Gasteiger partial charge in [-0.2, -0.15) is 0 Å². The monoisotopic (exact) mass is 212 g/mol. The Morgan fingerprint density at radius 2 is 2.14 bits per heavy atom. The predicted octanol–water partition coefficient (Wildman–Crippen LogP) is 2.67. The van der Waals surface area contributed by atoms with Crippen molar-refractivity contribution in [2.75, 3.05) is 6.54 Å². The third kappa shape index (κ3) is 4.07. The Bertz CT molecular complexity index is 292. The second-order valence-corrected chi connectivity index (χ2v) is 4.80. The summed E-state index contributed by atoms with van der Waals surface area (Å²) in [7, 11) is 0. The molecule has 0 bridgehead atoms. The van der Waals surface area contributed by atoms with Crippen LogP contribution in [0, 0.1) is 0 Å². The Morgan fingerprint density at radius 1 is 1.43 bits per heavy atom. The molecule has 0 aromatic carbocycles. The third-order valence-corrected chi connectivity index (χ3v) is 2.25. The summed E-state index contributed by atoms with van der Waals surface area (Å²) < 4.78 is 0. The van der Waals surface area contributed by atoms with Gasteiger partial charge < -0.3 is 5.32 Å². The first kappa shape index (κ1) is 11.5. The highest BCUT2D eigenvalue weighted by Gasteiger charge is 2.08. The summed E-state index contributed by atoms with van der Waals surface area (Å²) in [4.78, 5) is 3.95. The lowest BCUT2D eigenvalue weighted by Gasteiger charge is -2.20. The molecule has 1 heterocycles. The lowest BCUT2D eigenvalue weighted by Crippen LogP contribution is -2.37. The number of nitrogens with zero attached hydrogens (tertiary/aromatic N) is 1. The van der Waals surface area contributed by atoms with Gasteiger partial charge in [-0.15, -0.1) is 0 Å². The molecule has 14 heavy (non-hydrogen) atoms. The number of nitrogens with one attached hydrogen (secondary N) is 1. The number of aromatic nitrogens is 1. The van der Waals surface area contributed by atoms with Crippen LogP contribution in [0.4, 0.5) is 0 Å². The quantitative estimate of drug-likeness (QED) is 0.834. The molecule has 1 rings (SSSR count). The van der Waals surface area contributed by atoms with Gasteiger partial charge in [0.25, 0.3) is 0 Å². The van der Waals surface area contributed by atoms with Crippen molar-refractivity contribution in [3.63, 3.8) is 0 Å². The van der Waals surface area contributed by atoms with Gasteiger partial charge in [0.05, 0.1) is 5.02 Å². The zero-order valence-electron chi connectivity index (χ0n) is 8.97. The molecule has 0 spiro atoms. The summed E-state index contributed by atoms with van der Waals surface area (Å²) in [6.07, 6.45) is 4.41. The van der Waals surface area contributed by atoms with E-state index >= 15 is 0 Å². The number of hydrogen-bond donors (Lipinski definition) is 1. The first-order chi connectivity index (χ1) is 6.49. The fourth-order valence-corrected chi connectivity index (χ4v) is 1.39. The van der Waals surface area contributed by atoms with Gasteiger partial charge in [-0.05, 0) is 45.4 Å². The maximum Gasteiger partial charge on any atom is 0.0621 e. The fraction of sp³-hybridized carbons (Fsp3) is 0.545. The molecule has 0 saturated carbocycles. The molecule has 0 radical (unpaired) electrons. The molecule has 0 aliphatic rings. The standard InChI is InChI=1S/C11H17ClN2/c1-11(2,3)14-7-5-9-4-6-13-8-10(9)12/h4,6,8,14H,5,7H2,1-3H3. The van der Waals surface area contributed by atoms with Crippen LogP contribution in [0.3, 0.4) is 0 Å². The molecule has 1 aromatic rings. The fourth-order valence-electron chi connectivity index (χ4n) is 1.18. The van der Waals surface area contributed by atoms with Crippen molar-refractivity contribution in [1.82, 2.24) is 10.3 Å². The molecule has 0 saturated heterocycles. The van der Waals surface area contributed by atoms with Crippen molar-refractivity contribution in [1.29, 1.82) is 0 Å². The van der Waals surface area contributed by atoms with Crippen LogP contribution in [-0.4, -0.2) is 17.1 Å². The zero-order valence-corrected chi connectivity index (χ0v) is 9.73. The molecule has 0 atom stereocenters. The Labute approximate surface area is 90.7 Å². The molecule has 0 aliphatic carbocycles. The van der Waals surface area contributed by atoms with Gasteiger partial charge in [0.2, 0.25) is 0 Å². The highest BCUT2D eigenvalue weighted by molar-refractivity contribution is 6.31. The molecule has 3 heteroatoms. The zero-order chi connectivity index (χ0) is 10.6.